The number of nitrogens with one attached hydrogen (secondary N) is 2. The van der Waals surface area contributed by atoms with Crippen LogP contribution < -0.4 is 5.32 Å². The van der Waals surface area contributed by atoms with Crippen molar-refractivity contribution < 1.29 is 9.84 Å². The molecule has 1 heterocycles. The molecule has 0 unspecified atom stereocenters. The van der Waals surface area contributed by atoms with Gasteiger partial charge in [0.1, 0.15) is 0 Å². The molecule has 1 aromatic carbocycles. The number of methoxy groups -OCH3 is 1. The van der Waals surface area contributed by atoms with Crippen molar-refractivity contribution >= 4 is 33.9 Å². The van der Waals surface area contributed by atoms with Gasteiger partial charge in [-0.05, 0) is 35.8 Å². The average Bonchev–Trinajstić information content (AvgIpc) is 2.80. The van der Waals surface area contributed by atoms with Gasteiger partial charge in [-0.3, -0.25) is 0 Å². The zero-order valence-corrected chi connectivity index (χ0v) is 13.7. The first-order valence-corrected chi connectivity index (χ1v) is 7.47. The van der Waals surface area contributed by atoms with Crippen LogP contribution in [-0.4, -0.2) is 35.5 Å². The van der Waals surface area contributed by atoms with Gasteiger partial charge in [-0.25, -0.2) is 0 Å². The second-order valence-electron chi connectivity index (χ2n) is 5.21. The SMILES string of the molecule is COCCNC(=S)N=Nc1c(O)[nH]c2ccc(C(C)C)cc12. The van der Waals surface area contributed by atoms with Crippen LogP contribution in [0.5, 0.6) is 5.88 Å². The Morgan fingerprint density at radius 1 is 1.45 bits per heavy atom. The number of ether oxygens (including phenoxy) is 1. The van der Waals surface area contributed by atoms with E-state index in [0.717, 1.165) is 10.9 Å². The maximum atomic E-state index is 10.00. The van der Waals surface area contributed by atoms with Gasteiger partial charge in [0.15, 0.2) is 5.69 Å². The standard InChI is InChI=1S/C15H20N4O2S/c1-9(2)10-4-5-12-11(8-10)13(14(20)17-12)18-19-15(22)16-6-7-21-3/h4-5,8-9,17,20H,6-7H2,1-3H3,(H,16,22). The number of aromatic amines is 1. The fourth-order valence-electron chi connectivity index (χ4n) is 2.03. The van der Waals surface area contributed by atoms with Crippen molar-refractivity contribution in [3.05, 3.63) is 23.8 Å². The molecule has 0 aliphatic rings. The molecule has 6 nitrogen and oxygen atoms in total. The fraction of sp³-hybridized carbons (Fsp3) is 0.400. The number of nitrogens with zero attached hydrogens (tertiary/aromatic N) is 2. The lowest BCUT2D eigenvalue weighted by Crippen LogP contribution is -2.23. The van der Waals surface area contributed by atoms with Crippen molar-refractivity contribution in [3.63, 3.8) is 0 Å². The molecular formula is C15H20N4O2S. The molecule has 0 amide bonds. The summed E-state index contributed by atoms with van der Waals surface area (Å²) in [6, 6.07) is 5.96. The van der Waals surface area contributed by atoms with Crippen molar-refractivity contribution in [3.8, 4) is 5.88 Å². The van der Waals surface area contributed by atoms with E-state index >= 15 is 0 Å². The Kier molecular flexibility index (Phi) is 5.46. The van der Waals surface area contributed by atoms with Gasteiger partial charge in [0, 0.05) is 19.0 Å². The maximum Gasteiger partial charge on any atom is 0.218 e. The van der Waals surface area contributed by atoms with E-state index in [1.54, 1.807) is 7.11 Å². The van der Waals surface area contributed by atoms with Gasteiger partial charge in [-0.2, -0.15) is 0 Å². The molecule has 2 rings (SSSR count). The lowest BCUT2D eigenvalue weighted by Gasteiger charge is -2.04. The summed E-state index contributed by atoms with van der Waals surface area (Å²) in [5.41, 5.74) is 2.38. The summed E-state index contributed by atoms with van der Waals surface area (Å²) in [7, 11) is 1.61. The Morgan fingerprint density at radius 3 is 2.91 bits per heavy atom. The summed E-state index contributed by atoms with van der Waals surface area (Å²) >= 11 is 5.05. The summed E-state index contributed by atoms with van der Waals surface area (Å²) in [5.74, 6) is 0.377. The van der Waals surface area contributed by atoms with E-state index in [9.17, 15) is 5.11 Å². The fourth-order valence-corrected chi connectivity index (χ4v) is 2.18. The predicted octanol–water partition coefficient (Wildman–Crippen LogP) is 3.60. The van der Waals surface area contributed by atoms with Crippen molar-refractivity contribution in [1.29, 1.82) is 0 Å². The first-order chi connectivity index (χ1) is 10.5. The largest absolute Gasteiger partial charge is 0.493 e. The van der Waals surface area contributed by atoms with Crippen LogP contribution in [0.15, 0.2) is 28.4 Å². The molecule has 0 saturated carbocycles. The lowest BCUT2D eigenvalue weighted by atomic mass is 10.0. The number of azo groups is 1. The van der Waals surface area contributed by atoms with E-state index in [4.69, 9.17) is 17.0 Å². The number of hydrogen-bond acceptors (Lipinski definition) is 4. The lowest BCUT2D eigenvalue weighted by molar-refractivity contribution is 0.204. The van der Waals surface area contributed by atoms with E-state index < -0.39 is 0 Å². The molecule has 7 heteroatoms. The third kappa shape index (κ3) is 3.80. The minimum atomic E-state index is -0.0145. The first-order valence-electron chi connectivity index (χ1n) is 7.06. The van der Waals surface area contributed by atoms with E-state index in [-0.39, 0.29) is 11.0 Å². The molecule has 0 saturated heterocycles. The van der Waals surface area contributed by atoms with Crippen LogP contribution in [-0.2, 0) is 4.74 Å². The summed E-state index contributed by atoms with van der Waals surface area (Å²) in [5, 5.41) is 22.0. The molecule has 22 heavy (non-hydrogen) atoms. The van der Waals surface area contributed by atoms with Crippen LogP contribution in [0.1, 0.15) is 25.3 Å². The Balaban J connectivity index is 2.24. The molecule has 0 aliphatic heterocycles. The van der Waals surface area contributed by atoms with Crippen LogP contribution in [0.25, 0.3) is 10.9 Å². The van der Waals surface area contributed by atoms with Crippen LogP contribution >= 0.6 is 12.2 Å². The molecular weight excluding hydrogens is 300 g/mol. The number of aromatic nitrogens is 1. The van der Waals surface area contributed by atoms with Crippen molar-refractivity contribution in [2.24, 2.45) is 10.2 Å². The number of aromatic hydroxyl groups is 1. The van der Waals surface area contributed by atoms with Crippen molar-refractivity contribution in [1.82, 2.24) is 10.3 Å². The number of benzene rings is 1. The maximum absolute atomic E-state index is 10.00. The Labute approximate surface area is 134 Å². The first kappa shape index (κ1) is 16.4. The molecule has 2 aromatic rings. The highest BCUT2D eigenvalue weighted by molar-refractivity contribution is 7.80. The molecule has 1 aromatic heterocycles. The van der Waals surface area contributed by atoms with Gasteiger partial charge in [0.25, 0.3) is 0 Å². The third-order valence-corrected chi connectivity index (χ3v) is 3.49. The highest BCUT2D eigenvalue weighted by Crippen LogP contribution is 2.36. The van der Waals surface area contributed by atoms with Gasteiger partial charge in [0.2, 0.25) is 11.0 Å². The number of fused-ring (bicyclic) bond motifs is 1. The third-order valence-electron chi connectivity index (χ3n) is 3.27. The summed E-state index contributed by atoms with van der Waals surface area (Å²) < 4.78 is 4.92. The Morgan fingerprint density at radius 2 is 2.23 bits per heavy atom. The van der Waals surface area contributed by atoms with Gasteiger partial charge in [0.05, 0.1) is 12.1 Å². The topological polar surface area (TPSA) is 82.0 Å². The quantitative estimate of drug-likeness (QED) is 0.446. The van der Waals surface area contributed by atoms with Gasteiger partial charge in [-0.1, -0.05) is 19.9 Å². The number of H-pyrrole nitrogens is 1. The van der Waals surface area contributed by atoms with Crippen LogP contribution in [0.2, 0.25) is 0 Å². The molecule has 0 aliphatic carbocycles. The molecule has 118 valence electrons. The van der Waals surface area contributed by atoms with Crippen molar-refractivity contribution in [2.45, 2.75) is 19.8 Å². The Hall–Kier alpha value is -1.99. The highest BCUT2D eigenvalue weighted by atomic mass is 32.1. The minimum absolute atomic E-state index is 0.0145. The van der Waals surface area contributed by atoms with Gasteiger partial charge in [-0.15, -0.1) is 10.2 Å². The summed E-state index contributed by atoms with van der Waals surface area (Å²) in [6.45, 7) is 5.32. The summed E-state index contributed by atoms with van der Waals surface area (Å²) in [6.07, 6.45) is 0. The van der Waals surface area contributed by atoms with E-state index in [1.807, 2.05) is 18.2 Å². The van der Waals surface area contributed by atoms with Crippen LogP contribution in [0.3, 0.4) is 0 Å². The normalized spacial score (nSPS) is 11.6. The number of hydrogen-bond donors (Lipinski definition) is 3. The molecule has 0 bridgehead atoms. The Bertz CT molecular complexity index is 694. The number of thiocarbonyl (C=S) groups is 1. The average molecular weight is 320 g/mol. The molecule has 0 atom stereocenters. The second kappa shape index (κ2) is 7.33. The zero-order chi connectivity index (χ0) is 16.1. The smallest absolute Gasteiger partial charge is 0.218 e. The molecule has 0 radical (unpaired) electrons. The van der Waals surface area contributed by atoms with E-state index in [1.165, 1.54) is 5.56 Å². The molecule has 0 spiro atoms. The monoisotopic (exact) mass is 320 g/mol. The van der Waals surface area contributed by atoms with E-state index in [2.05, 4.69) is 34.4 Å². The zero-order valence-electron chi connectivity index (χ0n) is 12.9. The van der Waals surface area contributed by atoms with Gasteiger partial charge < -0.3 is 20.1 Å². The van der Waals surface area contributed by atoms with Gasteiger partial charge >= 0.3 is 0 Å². The second-order valence-corrected chi connectivity index (χ2v) is 5.59. The predicted molar refractivity (Wildman–Crippen MR) is 91.0 cm³/mol. The van der Waals surface area contributed by atoms with E-state index in [0.29, 0.717) is 24.8 Å². The van der Waals surface area contributed by atoms with Crippen LogP contribution in [0, 0.1) is 0 Å². The minimum Gasteiger partial charge on any atom is -0.493 e. The number of rotatable bonds is 5. The highest BCUT2D eigenvalue weighted by Gasteiger charge is 2.12. The van der Waals surface area contributed by atoms with Crippen LogP contribution in [0.4, 0.5) is 5.69 Å². The van der Waals surface area contributed by atoms with Crippen molar-refractivity contribution in [2.75, 3.05) is 20.3 Å². The molecule has 0 fully saturated rings. The summed E-state index contributed by atoms with van der Waals surface area (Å²) in [4.78, 5) is 2.89. The molecule has 3 N–H and O–H groups in total.